The monoisotopic (exact) mass is 277 g/mol. The maximum atomic E-state index is 12.1. The van der Waals surface area contributed by atoms with Gasteiger partial charge in [0.15, 0.2) is 0 Å². The van der Waals surface area contributed by atoms with Gasteiger partial charge >= 0.3 is 0 Å². The Morgan fingerprint density at radius 1 is 1.25 bits per heavy atom. The van der Waals surface area contributed by atoms with Crippen molar-refractivity contribution in [1.82, 2.24) is 5.32 Å². The van der Waals surface area contributed by atoms with E-state index in [2.05, 4.69) is 19.2 Å². The lowest BCUT2D eigenvalue weighted by atomic mass is 9.79. The molecule has 0 heterocycles. The highest BCUT2D eigenvalue weighted by Gasteiger charge is 2.26. The zero-order valence-electron chi connectivity index (χ0n) is 12.9. The smallest absolute Gasteiger partial charge is 0.224 e. The second-order valence-corrected chi connectivity index (χ2v) is 5.56. The van der Waals surface area contributed by atoms with Gasteiger partial charge in [0.1, 0.15) is 0 Å². The molecule has 0 atom stereocenters. The van der Waals surface area contributed by atoms with Crippen LogP contribution in [0.4, 0.5) is 0 Å². The van der Waals surface area contributed by atoms with Gasteiger partial charge in [-0.15, -0.1) is 0 Å². The molecule has 0 aromatic heterocycles. The maximum Gasteiger partial charge on any atom is 0.224 e. The molecule has 0 aliphatic rings. The SMILES string of the molecule is CCC(CC)(CCO)CNC(=O)Cc1ccccc1C. The maximum absolute atomic E-state index is 12.1. The van der Waals surface area contributed by atoms with Crippen LogP contribution >= 0.6 is 0 Å². The fourth-order valence-corrected chi connectivity index (χ4v) is 2.51. The predicted molar refractivity (Wildman–Crippen MR) is 82.6 cm³/mol. The molecule has 3 nitrogen and oxygen atoms in total. The lowest BCUT2D eigenvalue weighted by molar-refractivity contribution is -0.121. The van der Waals surface area contributed by atoms with Crippen LogP contribution in [0, 0.1) is 12.3 Å². The van der Waals surface area contributed by atoms with Crippen molar-refractivity contribution in [2.75, 3.05) is 13.2 Å². The van der Waals surface area contributed by atoms with E-state index < -0.39 is 0 Å². The van der Waals surface area contributed by atoms with E-state index in [1.807, 2.05) is 31.2 Å². The molecule has 2 N–H and O–H groups in total. The summed E-state index contributed by atoms with van der Waals surface area (Å²) in [4.78, 5) is 12.1. The average Bonchev–Trinajstić information content (AvgIpc) is 2.46. The number of carbonyl (C=O) groups is 1. The highest BCUT2D eigenvalue weighted by molar-refractivity contribution is 5.78. The van der Waals surface area contributed by atoms with Gasteiger partial charge in [-0.05, 0) is 42.7 Å². The van der Waals surface area contributed by atoms with E-state index in [1.54, 1.807) is 0 Å². The van der Waals surface area contributed by atoms with Crippen LogP contribution in [0.1, 0.15) is 44.2 Å². The third kappa shape index (κ3) is 4.64. The molecular weight excluding hydrogens is 250 g/mol. The first kappa shape index (κ1) is 16.7. The van der Waals surface area contributed by atoms with Crippen molar-refractivity contribution >= 4 is 5.91 Å². The molecule has 1 aromatic carbocycles. The molecular formula is C17H27NO2. The van der Waals surface area contributed by atoms with Crippen LogP contribution in [-0.4, -0.2) is 24.2 Å². The van der Waals surface area contributed by atoms with Crippen LogP contribution in [0.15, 0.2) is 24.3 Å². The first-order valence-corrected chi connectivity index (χ1v) is 7.49. The van der Waals surface area contributed by atoms with Crippen molar-refractivity contribution in [3.05, 3.63) is 35.4 Å². The molecule has 3 heteroatoms. The van der Waals surface area contributed by atoms with Crippen LogP contribution in [0.3, 0.4) is 0 Å². The van der Waals surface area contributed by atoms with Gasteiger partial charge in [-0.1, -0.05) is 38.1 Å². The van der Waals surface area contributed by atoms with Crippen LogP contribution < -0.4 is 5.32 Å². The predicted octanol–water partition coefficient (Wildman–Crippen LogP) is 2.84. The van der Waals surface area contributed by atoms with Gasteiger partial charge in [-0.3, -0.25) is 4.79 Å². The van der Waals surface area contributed by atoms with Crippen LogP contribution in [0.2, 0.25) is 0 Å². The number of aliphatic hydroxyl groups excluding tert-OH is 1. The van der Waals surface area contributed by atoms with Gasteiger partial charge in [-0.2, -0.15) is 0 Å². The molecule has 1 amide bonds. The van der Waals surface area contributed by atoms with Gasteiger partial charge in [-0.25, -0.2) is 0 Å². The lowest BCUT2D eigenvalue weighted by Gasteiger charge is -2.31. The number of carbonyl (C=O) groups excluding carboxylic acids is 1. The zero-order valence-corrected chi connectivity index (χ0v) is 12.9. The molecule has 0 aliphatic heterocycles. The van der Waals surface area contributed by atoms with Crippen molar-refractivity contribution in [3.8, 4) is 0 Å². The minimum Gasteiger partial charge on any atom is -0.396 e. The van der Waals surface area contributed by atoms with Crippen molar-refractivity contribution in [1.29, 1.82) is 0 Å². The average molecular weight is 277 g/mol. The summed E-state index contributed by atoms with van der Waals surface area (Å²) < 4.78 is 0. The molecule has 1 rings (SSSR count). The molecule has 0 aliphatic carbocycles. The number of nitrogens with one attached hydrogen (secondary N) is 1. The number of hydrogen-bond acceptors (Lipinski definition) is 2. The van der Waals surface area contributed by atoms with Gasteiger partial charge < -0.3 is 10.4 Å². The molecule has 0 spiro atoms. The first-order chi connectivity index (χ1) is 9.56. The number of aliphatic hydroxyl groups is 1. The Balaban J connectivity index is 2.56. The van der Waals surface area contributed by atoms with Crippen LogP contribution in [0.25, 0.3) is 0 Å². The van der Waals surface area contributed by atoms with E-state index in [-0.39, 0.29) is 17.9 Å². The highest BCUT2D eigenvalue weighted by atomic mass is 16.3. The molecule has 0 saturated carbocycles. The Morgan fingerprint density at radius 2 is 1.90 bits per heavy atom. The second-order valence-electron chi connectivity index (χ2n) is 5.56. The Kier molecular flexibility index (Phi) is 6.73. The number of benzene rings is 1. The highest BCUT2D eigenvalue weighted by Crippen LogP contribution is 2.29. The number of rotatable bonds is 8. The summed E-state index contributed by atoms with van der Waals surface area (Å²) in [6.07, 6.45) is 3.10. The van der Waals surface area contributed by atoms with E-state index in [0.717, 1.165) is 30.4 Å². The van der Waals surface area contributed by atoms with Crippen LogP contribution in [-0.2, 0) is 11.2 Å². The van der Waals surface area contributed by atoms with Crippen molar-refractivity contribution in [3.63, 3.8) is 0 Å². The summed E-state index contributed by atoms with van der Waals surface area (Å²) in [5, 5.41) is 12.2. The summed E-state index contributed by atoms with van der Waals surface area (Å²) in [7, 11) is 0. The molecule has 0 saturated heterocycles. The third-order valence-corrected chi connectivity index (χ3v) is 4.41. The van der Waals surface area contributed by atoms with E-state index in [1.165, 1.54) is 0 Å². The van der Waals surface area contributed by atoms with E-state index in [0.29, 0.717) is 13.0 Å². The Labute approximate surface area is 122 Å². The first-order valence-electron chi connectivity index (χ1n) is 7.49. The minimum atomic E-state index is 0.0240. The summed E-state index contributed by atoms with van der Waals surface area (Å²) in [5.74, 6) is 0.0588. The molecule has 0 bridgehead atoms. The molecule has 0 unspecified atom stereocenters. The molecule has 0 fully saturated rings. The summed E-state index contributed by atoms with van der Waals surface area (Å²) in [6, 6.07) is 7.97. The Hall–Kier alpha value is -1.35. The summed E-state index contributed by atoms with van der Waals surface area (Å²) in [6.45, 7) is 7.08. The Morgan fingerprint density at radius 3 is 2.45 bits per heavy atom. The molecule has 0 radical (unpaired) electrons. The number of aryl methyl sites for hydroxylation is 1. The molecule has 112 valence electrons. The van der Waals surface area contributed by atoms with Crippen molar-refractivity contribution in [2.24, 2.45) is 5.41 Å². The van der Waals surface area contributed by atoms with Crippen LogP contribution in [0.5, 0.6) is 0 Å². The van der Waals surface area contributed by atoms with E-state index in [4.69, 9.17) is 0 Å². The largest absolute Gasteiger partial charge is 0.396 e. The fraction of sp³-hybridized carbons (Fsp3) is 0.588. The normalized spacial score (nSPS) is 11.4. The lowest BCUT2D eigenvalue weighted by Crippen LogP contribution is -2.38. The second kappa shape index (κ2) is 8.05. The third-order valence-electron chi connectivity index (χ3n) is 4.41. The standard InChI is InChI=1S/C17H27NO2/c1-4-17(5-2,10-11-19)13-18-16(20)12-15-9-7-6-8-14(15)3/h6-9,19H,4-5,10-13H2,1-3H3,(H,18,20). The molecule has 1 aromatic rings. The van der Waals surface area contributed by atoms with Gasteiger partial charge in [0.25, 0.3) is 0 Å². The van der Waals surface area contributed by atoms with E-state index >= 15 is 0 Å². The van der Waals surface area contributed by atoms with E-state index in [9.17, 15) is 9.90 Å². The summed E-state index contributed by atoms with van der Waals surface area (Å²) in [5.41, 5.74) is 2.25. The number of amides is 1. The van der Waals surface area contributed by atoms with Gasteiger partial charge in [0, 0.05) is 13.2 Å². The number of hydrogen-bond donors (Lipinski definition) is 2. The van der Waals surface area contributed by atoms with Crippen molar-refractivity contribution in [2.45, 2.75) is 46.5 Å². The zero-order chi connectivity index (χ0) is 15.0. The quantitative estimate of drug-likeness (QED) is 0.767. The molecule has 20 heavy (non-hydrogen) atoms. The van der Waals surface area contributed by atoms with Gasteiger partial charge in [0.2, 0.25) is 5.91 Å². The van der Waals surface area contributed by atoms with Gasteiger partial charge in [0.05, 0.1) is 6.42 Å². The topological polar surface area (TPSA) is 49.3 Å². The summed E-state index contributed by atoms with van der Waals surface area (Å²) >= 11 is 0. The fourth-order valence-electron chi connectivity index (χ4n) is 2.51. The Bertz CT molecular complexity index is 425. The minimum absolute atomic E-state index is 0.0240. The van der Waals surface area contributed by atoms with Crippen molar-refractivity contribution < 1.29 is 9.90 Å².